The van der Waals surface area contributed by atoms with Crippen molar-refractivity contribution in [3.05, 3.63) is 35.1 Å². The molecule has 0 amide bonds. The van der Waals surface area contributed by atoms with Gasteiger partial charge in [0.15, 0.2) is 0 Å². The van der Waals surface area contributed by atoms with Crippen molar-refractivity contribution in [1.29, 1.82) is 0 Å². The normalized spacial score (nSPS) is 12.2. The molecule has 0 aliphatic heterocycles. The van der Waals surface area contributed by atoms with Crippen LogP contribution in [0.25, 0.3) is 0 Å². The molecule has 1 N–H and O–H groups in total. The highest BCUT2D eigenvalue weighted by Gasteiger charge is 2.13. The van der Waals surface area contributed by atoms with Crippen LogP contribution >= 0.6 is 0 Å². The zero-order valence-electron chi connectivity index (χ0n) is 9.37. The molecule has 1 aromatic carbocycles. The third kappa shape index (κ3) is 3.31. The van der Waals surface area contributed by atoms with Crippen molar-refractivity contribution in [3.8, 4) is 0 Å². The average molecular weight is 226 g/mol. The van der Waals surface area contributed by atoms with E-state index < -0.39 is 6.10 Å². The molecule has 1 aromatic rings. The first kappa shape index (κ1) is 12.6. The molecule has 0 spiro atoms. The fourth-order valence-corrected chi connectivity index (χ4v) is 1.53. The second-order valence-corrected chi connectivity index (χ2v) is 3.63. The lowest BCUT2D eigenvalue weighted by Crippen LogP contribution is -2.06. The molecule has 0 aliphatic rings. The second-order valence-electron chi connectivity index (χ2n) is 3.63. The minimum absolute atomic E-state index is 0.147. The van der Waals surface area contributed by atoms with Crippen LogP contribution in [0.1, 0.15) is 30.1 Å². The van der Waals surface area contributed by atoms with Crippen molar-refractivity contribution in [2.75, 3.05) is 7.11 Å². The fourth-order valence-electron chi connectivity index (χ4n) is 1.53. The second kappa shape index (κ2) is 5.61. The summed E-state index contributed by atoms with van der Waals surface area (Å²) in [5.41, 5.74) is 1.32. The van der Waals surface area contributed by atoms with Gasteiger partial charge in [-0.05, 0) is 36.6 Å². The lowest BCUT2D eigenvalue weighted by Gasteiger charge is -2.12. The minimum Gasteiger partial charge on any atom is -0.469 e. The first-order chi connectivity index (χ1) is 7.54. The van der Waals surface area contributed by atoms with Crippen molar-refractivity contribution in [3.63, 3.8) is 0 Å². The molecule has 1 atom stereocenters. The van der Waals surface area contributed by atoms with E-state index in [9.17, 15) is 14.3 Å². The van der Waals surface area contributed by atoms with E-state index in [0.717, 1.165) is 0 Å². The lowest BCUT2D eigenvalue weighted by molar-refractivity contribution is -0.141. The molecular weight excluding hydrogens is 211 g/mol. The van der Waals surface area contributed by atoms with Gasteiger partial charge in [0.2, 0.25) is 0 Å². The molecule has 0 aliphatic carbocycles. The number of aryl methyl sites for hydroxylation is 1. The predicted molar refractivity (Wildman–Crippen MR) is 57.3 cm³/mol. The molecule has 88 valence electrons. The summed E-state index contributed by atoms with van der Waals surface area (Å²) in [6, 6.07) is 4.19. The van der Waals surface area contributed by atoms with Crippen LogP contribution in [0.3, 0.4) is 0 Å². The van der Waals surface area contributed by atoms with E-state index in [4.69, 9.17) is 0 Å². The molecular formula is C12H15FO3. The van der Waals surface area contributed by atoms with Crippen molar-refractivity contribution < 1.29 is 19.0 Å². The summed E-state index contributed by atoms with van der Waals surface area (Å²) in [6.45, 7) is 1.72. The number of benzene rings is 1. The van der Waals surface area contributed by atoms with Gasteiger partial charge in [-0.2, -0.15) is 0 Å². The number of esters is 1. The standard InChI is InChI=1S/C12H15FO3/c1-8-7-9(13)3-4-10(8)11(14)5-6-12(15)16-2/h3-4,7,11,14H,5-6H2,1-2H3. The third-order valence-electron chi connectivity index (χ3n) is 2.44. The number of carbonyl (C=O) groups excluding carboxylic acids is 1. The number of hydrogen-bond acceptors (Lipinski definition) is 3. The Morgan fingerprint density at radius 2 is 2.25 bits per heavy atom. The van der Waals surface area contributed by atoms with Crippen LogP contribution < -0.4 is 0 Å². The molecule has 16 heavy (non-hydrogen) atoms. The SMILES string of the molecule is COC(=O)CCC(O)c1ccc(F)cc1C. The van der Waals surface area contributed by atoms with E-state index >= 15 is 0 Å². The number of ether oxygens (including phenoxy) is 1. The zero-order chi connectivity index (χ0) is 12.1. The summed E-state index contributed by atoms with van der Waals surface area (Å²) >= 11 is 0. The molecule has 1 rings (SSSR count). The quantitative estimate of drug-likeness (QED) is 0.800. The number of aliphatic hydroxyl groups excluding tert-OH is 1. The number of aliphatic hydroxyl groups is 1. The summed E-state index contributed by atoms with van der Waals surface area (Å²) in [5.74, 6) is -0.694. The Hall–Kier alpha value is -1.42. The monoisotopic (exact) mass is 226 g/mol. The number of halogens is 1. The Labute approximate surface area is 93.9 Å². The molecule has 0 saturated carbocycles. The summed E-state index contributed by atoms with van der Waals surface area (Å²) in [7, 11) is 1.30. The van der Waals surface area contributed by atoms with Crippen LogP contribution in [0.4, 0.5) is 4.39 Å². The third-order valence-corrected chi connectivity index (χ3v) is 2.44. The first-order valence-electron chi connectivity index (χ1n) is 5.05. The number of rotatable bonds is 4. The highest BCUT2D eigenvalue weighted by Crippen LogP contribution is 2.22. The first-order valence-corrected chi connectivity index (χ1v) is 5.05. The molecule has 1 unspecified atom stereocenters. The van der Waals surface area contributed by atoms with Gasteiger partial charge in [0.05, 0.1) is 13.2 Å². The molecule has 4 heteroatoms. The summed E-state index contributed by atoms with van der Waals surface area (Å²) in [5, 5.41) is 9.81. The van der Waals surface area contributed by atoms with E-state index in [2.05, 4.69) is 4.74 Å². The Kier molecular flexibility index (Phi) is 4.43. The maximum Gasteiger partial charge on any atom is 0.305 e. The lowest BCUT2D eigenvalue weighted by atomic mass is 10.00. The van der Waals surface area contributed by atoms with Crippen molar-refractivity contribution in [2.45, 2.75) is 25.9 Å². The topological polar surface area (TPSA) is 46.5 Å². The van der Waals surface area contributed by atoms with Crippen LogP contribution in [-0.2, 0) is 9.53 Å². The summed E-state index contributed by atoms with van der Waals surface area (Å²) < 4.78 is 17.3. The predicted octanol–water partition coefficient (Wildman–Crippen LogP) is 2.12. The highest BCUT2D eigenvalue weighted by atomic mass is 19.1. The maximum atomic E-state index is 12.8. The average Bonchev–Trinajstić information content (AvgIpc) is 2.25. The van der Waals surface area contributed by atoms with Crippen LogP contribution in [0.2, 0.25) is 0 Å². The molecule has 0 aromatic heterocycles. The number of hydrogen-bond donors (Lipinski definition) is 1. The van der Waals surface area contributed by atoms with Crippen LogP contribution in [0, 0.1) is 12.7 Å². The van der Waals surface area contributed by atoms with Gasteiger partial charge in [-0.1, -0.05) is 6.07 Å². The Bertz CT molecular complexity index is 377. The number of carbonyl (C=O) groups is 1. The maximum absolute atomic E-state index is 12.8. The number of methoxy groups -OCH3 is 1. The Balaban J connectivity index is 2.65. The van der Waals surface area contributed by atoms with E-state index in [1.54, 1.807) is 6.92 Å². The van der Waals surface area contributed by atoms with Gasteiger partial charge in [-0.3, -0.25) is 4.79 Å². The molecule has 0 saturated heterocycles. The van der Waals surface area contributed by atoms with Crippen LogP contribution in [0.5, 0.6) is 0 Å². The molecule has 0 radical (unpaired) electrons. The summed E-state index contributed by atoms with van der Waals surface area (Å²) in [4.78, 5) is 10.9. The molecule has 0 bridgehead atoms. The van der Waals surface area contributed by atoms with Gasteiger partial charge in [0, 0.05) is 6.42 Å². The van der Waals surface area contributed by atoms with Crippen molar-refractivity contribution in [2.24, 2.45) is 0 Å². The van der Waals surface area contributed by atoms with E-state index in [-0.39, 0.29) is 24.6 Å². The molecule has 3 nitrogen and oxygen atoms in total. The van der Waals surface area contributed by atoms with E-state index in [1.807, 2.05) is 0 Å². The van der Waals surface area contributed by atoms with Gasteiger partial charge >= 0.3 is 5.97 Å². The van der Waals surface area contributed by atoms with Gasteiger partial charge in [0.25, 0.3) is 0 Å². The van der Waals surface area contributed by atoms with Gasteiger partial charge < -0.3 is 9.84 Å². The van der Waals surface area contributed by atoms with Gasteiger partial charge in [0.1, 0.15) is 5.82 Å². The molecule has 0 fully saturated rings. The van der Waals surface area contributed by atoms with Gasteiger partial charge in [-0.25, -0.2) is 4.39 Å². The van der Waals surface area contributed by atoms with E-state index in [0.29, 0.717) is 11.1 Å². The van der Waals surface area contributed by atoms with E-state index in [1.165, 1.54) is 25.3 Å². The summed E-state index contributed by atoms with van der Waals surface area (Å²) in [6.07, 6.45) is -0.340. The van der Waals surface area contributed by atoms with Gasteiger partial charge in [-0.15, -0.1) is 0 Å². The largest absolute Gasteiger partial charge is 0.469 e. The zero-order valence-corrected chi connectivity index (χ0v) is 9.37. The fraction of sp³-hybridized carbons (Fsp3) is 0.417. The van der Waals surface area contributed by atoms with Crippen molar-refractivity contribution >= 4 is 5.97 Å². The minimum atomic E-state index is -0.764. The highest BCUT2D eigenvalue weighted by molar-refractivity contribution is 5.69. The van der Waals surface area contributed by atoms with Crippen molar-refractivity contribution in [1.82, 2.24) is 0 Å². The van der Waals surface area contributed by atoms with Crippen LogP contribution in [-0.4, -0.2) is 18.2 Å². The Morgan fingerprint density at radius 3 is 2.81 bits per heavy atom. The Morgan fingerprint density at radius 1 is 1.56 bits per heavy atom. The molecule has 0 heterocycles. The van der Waals surface area contributed by atoms with Crippen LogP contribution in [0.15, 0.2) is 18.2 Å². The smallest absolute Gasteiger partial charge is 0.305 e.